The van der Waals surface area contributed by atoms with Crippen molar-refractivity contribution in [3.63, 3.8) is 0 Å². The Morgan fingerprint density at radius 2 is 1.71 bits per heavy atom. The maximum absolute atomic E-state index is 13.5. The summed E-state index contributed by atoms with van der Waals surface area (Å²) in [6, 6.07) is 9.13. The van der Waals surface area contributed by atoms with Crippen LogP contribution < -0.4 is 5.73 Å². The highest BCUT2D eigenvalue weighted by Gasteiger charge is 2.23. The zero-order valence-corrected chi connectivity index (χ0v) is 21.1. The first kappa shape index (κ1) is 24.0. The average molecular weight is 647 g/mol. The van der Waals surface area contributed by atoms with Crippen molar-refractivity contribution in [3.05, 3.63) is 59.9 Å². The van der Waals surface area contributed by atoms with Crippen LogP contribution in [0.5, 0.6) is 5.75 Å². The summed E-state index contributed by atoms with van der Waals surface area (Å²) < 4.78 is 7.28. The Labute approximate surface area is 207 Å². The van der Waals surface area contributed by atoms with Crippen LogP contribution in [0.3, 0.4) is 0 Å². The molecular formula is C23H23I2NO5. The molecule has 0 saturated heterocycles. The highest BCUT2D eigenvalue weighted by molar-refractivity contribution is 14.1. The minimum atomic E-state index is -0.391. The van der Waals surface area contributed by atoms with Gasteiger partial charge in [0.15, 0.2) is 5.78 Å². The van der Waals surface area contributed by atoms with Crippen molar-refractivity contribution in [3.8, 4) is 5.75 Å². The first-order valence-electron chi connectivity index (χ1n) is 9.98. The highest BCUT2D eigenvalue weighted by Crippen LogP contribution is 2.33. The van der Waals surface area contributed by atoms with Gasteiger partial charge in [0.2, 0.25) is 5.91 Å². The van der Waals surface area contributed by atoms with Crippen LogP contribution in [-0.4, -0.2) is 28.5 Å². The lowest BCUT2D eigenvalue weighted by molar-refractivity contribution is -0.118. The number of aliphatic hydroxyl groups excluding tert-OH is 1. The first-order valence-corrected chi connectivity index (χ1v) is 12.1. The number of aromatic hydroxyl groups is 1. The van der Waals surface area contributed by atoms with Crippen molar-refractivity contribution in [1.82, 2.24) is 0 Å². The second kappa shape index (κ2) is 10.8. The quantitative estimate of drug-likeness (QED) is 0.168. The van der Waals surface area contributed by atoms with Crippen LogP contribution in [0.25, 0.3) is 11.0 Å². The average Bonchev–Trinajstić information content (AvgIpc) is 3.08. The molecule has 164 valence electrons. The number of carbonyl (C=O) groups excluding carboxylic acids is 2. The van der Waals surface area contributed by atoms with E-state index in [9.17, 15) is 14.7 Å². The van der Waals surface area contributed by atoms with Gasteiger partial charge in [-0.15, -0.1) is 0 Å². The van der Waals surface area contributed by atoms with E-state index < -0.39 is 5.91 Å². The van der Waals surface area contributed by atoms with Crippen molar-refractivity contribution in [1.29, 1.82) is 0 Å². The molecule has 0 atom stereocenters. The molecule has 0 bridgehead atoms. The number of carbonyl (C=O) groups is 2. The molecule has 0 aliphatic rings. The third-order valence-corrected chi connectivity index (χ3v) is 6.68. The summed E-state index contributed by atoms with van der Waals surface area (Å²) in [6.07, 6.45) is 3.53. The fourth-order valence-electron chi connectivity index (χ4n) is 3.48. The minimum Gasteiger partial charge on any atom is -0.506 e. The van der Waals surface area contributed by atoms with Gasteiger partial charge in [0.25, 0.3) is 0 Å². The topological polar surface area (TPSA) is 114 Å². The number of ketones is 1. The van der Waals surface area contributed by atoms with Gasteiger partial charge < -0.3 is 20.4 Å². The molecule has 1 amide bonds. The van der Waals surface area contributed by atoms with E-state index in [0.717, 1.165) is 30.2 Å². The predicted octanol–water partition coefficient (Wildman–Crippen LogP) is 4.70. The number of hydrogen-bond donors (Lipinski definition) is 3. The molecule has 0 fully saturated rings. The number of phenols is 1. The van der Waals surface area contributed by atoms with Gasteiger partial charge >= 0.3 is 0 Å². The Morgan fingerprint density at radius 1 is 1.00 bits per heavy atom. The fraction of sp³-hybridized carbons (Fsp3) is 0.304. The van der Waals surface area contributed by atoms with Crippen LogP contribution >= 0.6 is 45.2 Å². The van der Waals surface area contributed by atoms with Gasteiger partial charge in [0, 0.05) is 30.4 Å². The molecule has 2 aromatic carbocycles. The number of primary amides is 1. The largest absolute Gasteiger partial charge is 0.506 e. The van der Waals surface area contributed by atoms with E-state index in [2.05, 4.69) is 0 Å². The molecule has 3 aromatic rings. The minimum absolute atomic E-state index is 0.156. The molecule has 6 nitrogen and oxygen atoms in total. The second-order valence-corrected chi connectivity index (χ2v) is 9.67. The summed E-state index contributed by atoms with van der Waals surface area (Å²) in [5, 5.41) is 19.8. The highest BCUT2D eigenvalue weighted by atomic mass is 127. The number of furan rings is 1. The van der Waals surface area contributed by atoms with Crippen molar-refractivity contribution < 1.29 is 24.2 Å². The molecule has 0 aliphatic carbocycles. The number of hydrogen-bond acceptors (Lipinski definition) is 5. The monoisotopic (exact) mass is 647 g/mol. The number of unbranched alkanes of at least 4 members (excludes halogenated alkanes) is 1. The Hall–Kier alpha value is -1.66. The molecule has 31 heavy (non-hydrogen) atoms. The summed E-state index contributed by atoms with van der Waals surface area (Å²) >= 11 is 4.01. The lowest BCUT2D eigenvalue weighted by atomic mass is 9.97. The maximum Gasteiger partial charge on any atom is 0.217 e. The molecule has 8 heteroatoms. The van der Waals surface area contributed by atoms with Crippen LogP contribution in [0.1, 0.15) is 52.9 Å². The molecule has 0 unspecified atom stereocenters. The molecule has 0 saturated carbocycles. The van der Waals surface area contributed by atoms with E-state index in [1.54, 1.807) is 12.1 Å². The SMILES string of the molecule is NC(=O)CCCc1oc2cc(CCCCO)ccc2c1C(=O)c1cc(I)c(O)c(I)c1. The number of aryl methyl sites for hydroxylation is 2. The normalized spacial score (nSPS) is 11.2. The van der Waals surface area contributed by atoms with Crippen LogP contribution in [0.15, 0.2) is 34.7 Å². The fourth-order valence-corrected chi connectivity index (χ4v) is 5.25. The van der Waals surface area contributed by atoms with Crippen molar-refractivity contribution in [2.24, 2.45) is 5.73 Å². The van der Waals surface area contributed by atoms with Gasteiger partial charge in [0.05, 0.1) is 12.7 Å². The second-order valence-electron chi connectivity index (χ2n) is 7.35. The van der Waals surface area contributed by atoms with Gasteiger partial charge in [-0.25, -0.2) is 0 Å². The number of benzene rings is 2. The standard InChI is InChI=1S/C23H23I2NO5/c24-16-11-14(12-17(25)23(16)30)22(29)21-15-8-7-13(4-1-2-9-27)10-19(15)31-18(21)5-3-6-20(26)28/h7-8,10-12,27,30H,1-6,9H2,(H2,26,28). The van der Waals surface area contributed by atoms with Gasteiger partial charge in [-0.05, 0) is 94.6 Å². The van der Waals surface area contributed by atoms with E-state index in [0.29, 0.717) is 42.5 Å². The third kappa shape index (κ3) is 5.78. The van der Waals surface area contributed by atoms with Crippen molar-refractivity contribution in [2.45, 2.75) is 38.5 Å². The summed E-state index contributed by atoms with van der Waals surface area (Å²) in [7, 11) is 0. The zero-order valence-electron chi connectivity index (χ0n) is 16.8. The van der Waals surface area contributed by atoms with E-state index in [1.807, 2.05) is 63.4 Å². The predicted molar refractivity (Wildman–Crippen MR) is 135 cm³/mol. The van der Waals surface area contributed by atoms with Crippen LogP contribution in [-0.2, 0) is 17.6 Å². The number of amides is 1. The third-order valence-electron chi connectivity index (χ3n) is 5.03. The maximum atomic E-state index is 13.5. The Bertz CT molecular complexity index is 1100. The van der Waals surface area contributed by atoms with Gasteiger partial charge in [-0.1, -0.05) is 12.1 Å². The summed E-state index contributed by atoms with van der Waals surface area (Å²) in [5.74, 6) is 0.116. The number of fused-ring (bicyclic) bond motifs is 1. The Morgan fingerprint density at radius 3 is 2.35 bits per heavy atom. The van der Waals surface area contributed by atoms with Crippen LogP contribution in [0, 0.1) is 7.14 Å². The van der Waals surface area contributed by atoms with E-state index in [4.69, 9.17) is 15.3 Å². The number of rotatable bonds is 10. The summed E-state index contributed by atoms with van der Waals surface area (Å²) in [6.45, 7) is 0.163. The van der Waals surface area contributed by atoms with E-state index in [1.165, 1.54) is 0 Å². The van der Waals surface area contributed by atoms with Gasteiger partial charge in [-0.3, -0.25) is 9.59 Å². The molecule has 4 N–H and O–H groups in total. The number of phenolic OH excluding ortho intramolecular Hbond substituents is 1. The molecule has 0 radical (unpaired) electrons. The lowest BCUT2D eigenvalue weighted by Gasteiger charge is -2.07. The first-order chi connectivity index (χ1) is 14.8. The molecule has 0 aliphatic heterocycles. The van der Waals surface area contributed by atoms with Crippen LogP contribution in [0.2, 0.25) is 0 Å². The van der Waals surface area contributed by atoms with Crippen molar-refractivity contribution >= 4 is 67.8 Å². The molecule has 3 rings (SSSR count). The van der Waals surface area contributed by atoms with E-state index in [-0.39, 0.29) is 24.6 Å². The van der Waals surface area contributed by atoms with Gasteiger partial charge in [-0.2, -0.15) is 0 Å². The summed E-state index contributed by atoms with van der Waals surface area (Å²) in [4.78, 5) is 24.6. The number of halogens is 2. The number of nitrogens with two attached hydrogens (primary N) is 1. The smallest absolute Gasteiger partial charge is 0.217 e. The summed E-state index contributed by atoms with van der Waals surface area (Å²) in [5.41, 5.74) is 7.92. The van der Waals surface area contributed by atoms with Crippen LogP contribution in [0.4, 0.5) is 0 Å². The van der Waals surface area contributed by atoms with Crippen molar-refractivity contribution in [2.75, 3.05) is 6.61 Å². The molecular weight excluding hydrogens is 624 g/mol. The lowest BCUT2D eigenvalue weighted by Crippen LogP contribution is -2.11. The molecule has 1 aromatic heterocycles. The zero-order chi connectivity index (χ0) is 22.5. The molecule has 0 spiro atoms. The van der Waals surface area contributed by atoms with Gasteiger partial charge in [0.1, 0.15) is 17.1 Å². The molecule has 1 heterocycles. The Kier molecular flexibility index (Phi) is 8.34. The van der Waals surface area contributed by atoms with E-state index >= 15 is 0 Å². The number of aliphatic hydroxyl groups is 1. The Balaban J connectivity index is 2.03.